The van der Waals surface area contributed by atoms with E-state index in [9.17, 15) is 14.4 Å². The van der Waals surface area contributed by atoms with Crippen molar-refractivity contribution in [2.24, 2.45) is 5.92 Å². The van der Waals surface area contributed by atoms with Crippen molar-refractivity contribution in [3.05, 3.63) is 99.3 Å². The lowest BCUT2D eigenvalue weighted by Crippen LogP contribution is -2.27. The molecular formula is C35H40N4O4. The number of hydrogen-bond donors (Lipinski definition) is 1. The first-order chi connectivity index (χ1) is 20.6. The number of ether oxygens (including phenoxy) is 1. The zero-order chi connectivity index (χ0) is 30.6. The van der Waals surface area contributed by atoms with Crippen LogP contribution in [0, 0.1) is 12.8 Å². The lowest BCUT2D eigenvalue weighted by Gasteiger charge is -2.24. The summed E-state index contributed by atoms with van der Waals surface area (Å²) < 4.78 is 6.84. The minimum Gasteiger partial charge on any atom is -0.460 e. The van der Waals surface area contributed by atoms with Crippen LogP contribution in [0.25, 0.3) is 10.9 Å². The van der Waals surface area contributed by atoms with E-state index in [1.165, 1.54) is 4.68 Å². The van der Waals surface area contributed by atoms with Gasteiger partial charge in [0.2, 0.25) is 5.91 Å². The van der Waals surface area contributed by atoms with Crippen LogP contribution in [0.3, 0.4) is 0 Å². The summed E-state index contributed by atoms with van der Waals surface area (Å²) in [7, 11) is 0. The number of nitrogens with zero attached hydrogens (tertiary/aromatic N) is 3. The van der Waals surface area contributed by atoms with E-state index in [-0.39, 0.29) is 35.7 Å². The van der Waals surface area contributed by atoms with Gasteiger partial charge in [0.1, 0.15) is 11.1 Å². The highest BCUT2D eigenvalue weighted by molar-refractivity contribution is 5.97. The molecule has 0 aliphatic heterocycles. The predicted octanol–water partition coefficient (Wildman–Crippen LogP) is 6.34. The van der Waals surface area contributed by atoms with E-state index in [2.05, 4.69) is 15.6 Å². The van der Waals surface area contributed by atoms with Crippen molar-refractivity contribution in [1.82, 2.24) is 15.0 Å². The van der Waals surface area contributed by atoms with Crippen molar-refractivity contribution in [2.45, 2.75) is 84.3 Å². The third kappa shape index (κ3) is 7.37. The van der Waals surface area contributed by atoms with Crippen molar-refractivity contribution in [2.75, 3.05) is 5.32 Å². The molecule has 8 heteroatoms. The summed E-state index contributed by atoms with van der Waals surface area (Å²) in [5, 5.41) is 12.0. The Morgan fingerprint density at radius 3 is 2.44 bits per heavy atom. The standard InChI is InChI=1S/C35H40N4O4/c1-23-25(20-21-31(40)43-35(2,3)4)12-9-15-29(23)36-33(41)32(26-10-5-6-11-26)27-18-16-24(17-19-27)22-39-34(42)28-13-7-8-14-30(28)37-38-39/h7-9,12-19,26,32H,5-6,10-11,20-22H2,1-4H3,(H,36,41). The summed E-state index contributed by atoms with van der Waals surface area (Å²) in [6.07, 6.45) is 5.09. The molecule has 0 saturated heterocycles. The average Bonchev–Trinajstić information content (AvgIpc) is 3.50. The number of aryl methyl sites for hydroxylation is 1. The van der Waals surface area contributed by atoms with Crippen molar-refractivity contribution < 1.29 is 14.3 Å². The van der Waals surface area contributed by atoms with Crippen LogP contribution in [-0.2, 0) is 27.3 Å². The molecule has 1 N–H and O–H groups in total. The first-order valence-electron chi connectivity index (χ1n) is 15.1. The van der Waals surface area contributed by atoms with Crippen LogP contribution in [-0.4, -0.2) is 32.5 Å². The fraction of sp³-hybridized carbons (Fsp3) is 0.400. The van der Waals surface area contributed by atoms with Crippen LogP contribution >= 0.6 is 0 Å². The Bertz CT molecular complexity index is 1660. The second-order valence-corrected chi connectivity index (χ2v) is 12.5. The van der Waals surface area contributed by atoms with Crippen LogP contribution in [0.5, 0.6) is 0 Å². The SMILES string of the molecule is Cc1c(CCC(=O)OC(C)(C)C)cccc1NC(=O)C(c1ccc(Cn2nnc3ccccc3c2=O)cc1)C1CCCC1. The number of carbonyl (C=O) groups excluding carboxylic acids is 2. The predicted molar refractivity (Wildman–Crippen MR) is 168 cm³/mol. The van der Waals surface area contributed by atoms with Crippen LogP contribution in [0.4, 0.5) is 5.69 Å². The highest BCUT2D eigenvalue weighted by Crippen LogP contribution is 2.38. The first kappa shape index (κ1) is 30.1. The minimum atomic E-state index is -0.516. The second-order valence-electron chi connectivity index (χ2n) is 12.5. The quantitative estimate of drug-likeness (QED) is 0.232. The van der Waals surface area contributed by atoms with Gasteiger partial charge in [0.05, 0.1) is 17.8 Å². The number of carbonyl (C=O) groups is 2. The molecule has 0 spiro atoms. The maximum Gasteiger partial charge on any atom is 0.306 e. The smallest absolute Gasteiger partial charge is 0.306 e. The van der Waals surface area contributed by atoms with Gasteiger partial charge in [-0.05, 0) is 93.3 Å². The average molecular weight is 581 g/mol. The summed E-state index contributed by atoms with van der Waals surface area (Å²) in [6.45, 7) is 7.87. The lowest BCUT2D eigenvalue weighted by molar-refractivity contribution is -0.154. The highest BCUT2D eigenvalue weighted by atomic mass is 16.6. The van der Waals surface area contributed by atoms with Crippen molar-refractivity contribution in [3.8, 4) is 0 Å². The number of benzene rings is 3. The fourth-order valence-corrected chi connectivity index (χ4v) is 5.99. The van der Waals surface area contributed by atoms with Gasteiger partial charge in [0.15, 0.2) is 0 Å². The molecule has 1 atom stereocenters. The van der Waals surface area contributed by atoms with E-state index < -0.39 is 5.60 Å². The second kappa shape index (κ2) is 12.9. The lowest BCUT2D eigenvalue weighted by atomic mass is 9.83. The van der Waals surface area contributed by atoms with Crippen LogP contribution in [0.15, 0.2) is 71.5 Å². The molecule has 43 heavy (non-hydrogen) atoms. The monoisotopic (exact) mass is 580 g/mol. The summed E-state index contributed by atoms with van der Waals surface area (Å²) in [4.78, 5) is 39.1. The number of amides is 1. The molecule has 1 aliphatic carbocycles. The number of esters is 1. The molecule has 224 valence electrons. The number of fused-ring (bicyclic) bond motifs is 1. The van der Waals surface area contributed by atoms with Gasteiger partial charge >= 0.3 is 5.97 Å². The first-order valence-corrected chi connectivity index (χ1v) is 15.1. The summed E-state index contributed by atoms with van der Waals surface area (Å²) in [6, 6.07) is 21.0. The van der Waals surface area contributed by atoms with Gasteiger partial charge in [-0.2, -0.15) is 0 Å². The van der Waals surface area contributed by atoms with Gasteiger partial charge in [-0.3, -0.25) is 14.4 Å². The Morgan fingerprint density at radius 2 is 1.72 bits per heavy atom. The van der Waals surface area contributed by atoms with Crippen LogP contribution < -0.4 is 10.9 Å². The molecule has 4 aromatic rings. The maximum atomic E-state index is 13.9. The molecule has 1 saturated carbocycles. The van der Waals surface area contributed by atoms with E-state index in [0.29, 0.717) is 23.9 Å². The molecule has 1 amide bonds. The largest absolute Gasteiger partial charge is 0.460 e. The number of hydrogen-bond acceptors (Lipinski definition) is 6. The van der Waals surface area contributed by atoms with Crippen LogP contribution in [0.1, 0.15) is 81.0 Å². The molecule has 1 aromatic heterocycles. The van der Waals surface area contributed by atoms with Gasteiger partial charge in [-0.25, -0.2) is 4.68 Å². The molecule has 8 nitrogen and oxygen atoms in total. The fourth-order valence-electron chi connectivity index (χ4n) is 5.99. The third-order valence-corrected chi connectivity index (χ3v) is 8.18. The molecule has 1 fully saturated rings. The normalized spacial score (nSPS) is 14.5. The number of anilines is 1. The van der Waals surface area contributed by atoms with Gasteiger partial charge in [0, 0.05) is 12.1 Å². The Balaban J connectivity index is 1.32. The molecule has 0 radical (unpaired) electrons. The number of rotatable bonds is 9. The van der Waals surface area contributed by atoms with Crippen LogP contribution in [0.2, 0.25) is 0 Å². The molecule has 0 bridgehead atoms. The zero-order valence-electron chi connectivity index (χ0n) is 25.4. The van der Waals surface area contributed by atoms with Gasteiger partial charge in [-0.15, -0.1) is 5.10 Å². The Kier molecular flexibility index (Phi) is 9.04. The Morgan fingerprint density at radius 1 is 1.00 bits per heavy atom. The Labute approximate surface area is 252 Å². The van der Waals surface area contributed by atoms with Crippen molar-refractivity contribution >= 4 is 28.5 Å². The van der Waals surface area contributed by atoms with E-state index in [1.54, 1.807) is 12.1 Å². The topological polar surface area (TPSA) is 103 Å². The molecule has 5 rings (SSSR count). The van der Waals surface area contributed by atoms with E-state index in [4.69, 9.17) is 4.74 Å². The number of nitrogens with one attached hydrogen (secondary N) is 1. The van der Waals surface area contributed by atoms with Gasteiger partial charge in [-0.1, -0.05) is 66.6 Å². The molecule has 3 aromatic carbocycles. The molecule has 1 unspecified atom stereocenters. The highest BCUT2D eigenvalue weighted by Gasteiger charge is 2.32. The molecular weight excluding hydrogens is 540 g/mol. The van der Waals surface area contributed by atoms with E-state index >= 15 is 0 Å². The van der Waals surface area contributed by atoms with Gasteiger partial charge in [0.25, 0.3) is 5.56 Å². The Hall–Kier alpha value is -4.33. The maximum absolute atomic E-state index is 13.9. The number of aromatic nitrogens is 3. The zero-order valence-corrected chi connectivity index (χ0v) is 25.4. The van der Waals surface area contributed by atoms with Gasteiger partial charge < -0.3 is 10.1 Å². The molecule has 1 heterocycles. The summed E-state index contributed by atoms with van der Waals surface area (Å²) in [5.41, 5.74) is 4.49. The van der Waals surface area contributed by atoms with Crippen molar-refractivity contribution in [1.29, 1.82) is 0 Å². The molecule has 1 aliphatic rings. The third-order valence-electron chi connectivity index (χ3n) is 8.18. The summed E-state index contributed by atoms with van der Waals surface area (Å²) >= 11 is 0. The summed E-state index contributed by atoms with van der Waals surface area (Å²) in [5.74, 6) is -0.285. The van der Waals surface area contributed by atoms with E-state index in [1.807, 2.05) is 82.3 Å². The van der Waals surface area contributed by atoms with Crippen molar-refractivity contribution in [3.63, 3.8) is 0 Å². The van der Waals surface area contributed by atoms with E-state index in [0.717, 1.165) is 53.6 Å². The minimum absolute atomic E-state index is 0.0244.